The van der Waals surface area contributed by atoms with E-state index < -0.39 is 0 Å². The van der Waals surface area contributed by atoms with Gasteiger partial charge in [-0.2, -0.15) is 12.6 Å². The molecule has 0 aliphatic heterocycles. The summed E-state index contributed by atoms with van der Waals surface area (Å²) in [6, 6.07) is 10.1. The summed E-state index contributed by atoms with van der Waals surface area (Å²) in [6.45, 7) is 4.52. The Labute approximate surface area is 146 Å². The summed E-state index contributed by atoms with van der Waals surface area (Å²) in [5, 5.41) is 0. The Morgan fingerprint density at radius 1 is 1.00 bits per heavy atom. The van der Waals surface area contributed by atoms with Crippen molar-refractivity contribution in [3.05, 3.63) is 59.2 Å². The van der Waals surface area contributed by atoms with Crippen molar-refractivity contribution >= 4 is 12.6 Å². The summed E-state index contributed by atoms with van der Waals surface area (Å²) >= 11 is 3.53. The van der Waals surface area contributed by atoms with E-state index in [2.05, 4.69) is 18.7 Å². The van der Waals surface area contributed by atoms with Gasteiger partial charge >= 0.3 is 0 Å². The molecule has 1 aliphatic carbocycles. The van der Waals surface area contributed by atoms with Gasteiger partial charge < -0.3 is 14.2 Å². The van der Waals surface area contributed by atoms with Crippen LogP contribution < -0.4 is 0 Å². The van der Waals surface area contributed by atoms with Crippen LogP contribution in [-0.4, -0.2) is 20.5 Å². The SMILES string of the molecule is CC.COC1=CCCCC(OC)=C1OCc1ccccc1.CS. The second kappa shape index (κ2) is 14.1. The molecule has 23 heavy (non-hydrogen) atoms. The van der Waals surface area contributed by atoms with Crippen molar-refractivity contribution in [1.29, 1.82) is 0 Å². The summed E-state index contributed by atoms with van der Waals surface area (Å²) in [4.78, 5) is 0. The highest BCUT2D eigenvalue weighted by molar-refractivity contribution is 7.79. The summed E-state index contributed by atoms with van der Waals surface area (Å²) < 4.78 is 16.8. The molecule has 1 aliphatic rings. The van der Waals surface area contributed by atoms with Crippen molar-refractivity contribution < 1.29 is 14.2 Å². The lowest BCUT2D eigenvalue weighted by Crippen LogP contribution is -2.03. The second-order valence-corrected chi connectivity index (χ2v) is 4.40. The molecule has 0 bridgehead atoms. The average molecular weight is 339 g/mol. The molecule has 0 saturated heterocycles. The Hall–Kier alpha value is -1.55. The highest BCUT2D eigenvalue weighted by Crippen LogP contribution is 2.27. The minimum atomic E-state index is 0.518. The van der Waals surface area contributed by atoms with Crippen LogP contribution in [0.1, 0.15) is 38.7 Å². The van der Waals surface area contributed by atoms with E-state index in [4.69, 9.17) is 14.2 Å². The first-order chi connectivity index (χ1) is 11.3. The van der Waals surface area contributed by atoms with Crippen molar-refractivity contribution in [2.24, 2.45) is 0 Å². The first-order valence-electron chi connectivity index (χ1n) is 7.98. The molecule has 0 atom stereocenters. The van der Waals surface area contributed by atoms with Gasteiger partial charge in [0.05, 0.1) is 14.2 Å². The molecule has 0 fully saturated rings. The lowest BCUT2D eigenvalue weighted by Gasteiger charge is -2.15. The molecule has 130 valence electrons. The lowest BCUT2D eigenvalue weighted by molar-refractivity contribution is 0.139. The van der Waals surface area contributed by atoms with E-state index in [-0.39, 0.29) is 0 Å². The maximum atomic E-state index is 5.92. The van der Waals surface area contributed by atoms with E-state index in [1.54, 1.807) is 20.5 Å². The number of hydrogen-bond donors (Lipinski definition) is 1. The molecule has 4 heteroatoms. The summed E-state index contributed by atoms with van der Waals surface area (Å²) in [6.07, 6.45) is 6.67. The Bertz CT molecular complexity index is 467. The van der Waals surface area contributed by atoms with Crippen molar-refractivity contribution in [3.8, 4) is 0 Å². The molecule has 0 aromatic heterocycles. The monoisotopic (exact) mass is 338 g/mol. The van der Waals surface area contributed by atoms with Crippen LogP contribution in [0.5, 0.6) is 0 Å². The van der Waals surface area contributed by atoms with Gasteiger partial charge in [0.2, 0.25) is 0 Å². The minimum absolute atomic E-state index is 0.518. The zero-order chi connectivity index (χ0) is 17.5. The Kier molecular flexibility index (Phi) is 13.1. The molecule has 1 aromatic carbocycles. The fraction of sp³-hybridized carbons (Fsp3) is 0.474. The highest BCUT2D eigenvalue weighted by Gasteiger charge is 2.18. The van der Waals surface area contributed by atoms with E-state index in [1.807, 2.05) is 44.2 Å². The zero-order valence-electron chi connectivity index (χ0n) is 15.0. The van der Waals surface area contributed by atoms with Crippen LogP contribution in [0.4, 0.5) is 0 Å². The van der Waals surface area contributed by atoms with E-state index in [0.717, 1.165) is 42.1 Å². The van der Waals surface area contributed by atoms with E-state index in [1.165, 1.54) is 0 Å². The van der Waals surface area contributed by atoms with Crippen LogP contribution in [0.25, 0.3) is 0 Å². The fourth-order valence-corrected chi connectivity index (χ4v) is 2.09. The zero-order valence-corrected chi connectivity index (χ0v) is 15.9. The van der Waals surface area contributed by atoms with E-state index >= 15 is 0 Å². The molecule has 0 radical (unpaired) electrons. The van der Waals surface area contributed by atoms with Crippen molar-refractivity contribution in [2.45, 2.75) is 39.7 Å². The number of rotatable bonds is 5. The quantitative estimate of drug-likeness (QED) is 0.734. The molecular weight excluding hydrogens is 308 g/mol. The van der Waals surface area contributed by atoms with Crippen molar-refractivity contribution in [1.82, 2.24) is 0 Å². The van der Waals surface area contributed by atoms with Gasteiger partial charge in [-0.3, -0.25) is 0 Å². The first-order valence-corrected chi connectivity index (χ1v) is 8.87. The fourth-order valence-electron chi connectivity index (χ4n) is 2.09. The van der Waals surface area contributed by atoms with Crippen molar-refractivity contribution in [3.63, 3.8) is 0 Å². The van der Waals surface area contributed by atoms with Crippen LogP contribution in [0.3, 0.4) is 0 Å². The topological polar surface area (TPSA) is 27.7 Å². The highest BCUT2D eigenvalue weighted by atomic mass is 32.1. The molecule has 0 unspecified atom stereocenters. The predicted octanol–water partition coefficient (Wildman–Crippen LogP) is 5.35. The third kappa shape index (κ3) is 7.51. The van der Waals surface area contributed by atoms with Crippen LogP contribution in [0.15, 0.2) is 53.7 Å². The number of allylic oxidation sites excluding steroid dienone is 2. The van der Waals surface area contributed by atoms with Crippen LogP contribution in [0.2, 0.25) is 0 Å². The molecule has 0 N–H and O–H groups in total. The van der Waals surface area contributed by atoms with Gasteiger partial charge in [-0.15, -0.1) is 0 Å². The molecule has 1 aromatic rings. The lowest BCUT2D eigenvalue weighted by atomic mass is 10.2. The van der Waals surface area contributed by atoms with E-state index in [0.29, 0.717) is 6.61 Å². The molecule has 2 rings (SSSR count). The average Bonchev–Trinajstić information content (AvgIpc) is 2.85. The van der Waals surface area contributed by atoms with E-state index in [9.17, 15) is 0 Å². The Balaban J connectivity index is 0.00000112. The molecular formula is C19H30O3S. The predicted molar refractivity (Wildman–Crippen MR) is 100 cm³/mol. The van der Waals surface area contributed by atoms with Crippen LogP contribution >= 0.6 is 12.6 Å². The number of thiol groups is 1. The summed E-state index contributed by atoms with van der Waals surface area (Å²) in [5.74, 6) is 2.36. The molecule has 0 spiro atoms. The van der Waals surface area contributed by atoms with Gasteiger partial charge in [0, 0.05) is 6.42 Å². The Morgan fingerprint density at radius 2 is 1.65 bits per heavy atom. The smallest absolute Gasteiger partial charge is 0.199 e. The third-order valence-corrected chi connectivity index (χ3v) is 3.11. The minimum Gasteiger partial charge on any atom is -0.497 e. The van der Waals surface area contributed by atoms with Gasteiger partial charge in [-0.05, 0) is 30.7 Å². The number of benzene rings is 1. The van der Waals surface area contributed by atoms with Crippen LogP contribution in [-0.2, 0) is 20.8 Å². The Morgan fingerprint density at radius 3 is 2.22 bits per heavy atom. The van der Waals surface area contributed by atoms with Gasteiger partial charge in [0.1, 0.15) is 12.4 Å². The first kappa shape index (κ1) is 21.4. The number of methoxy groups -OCH3 is 2. The van der Waals surface area contributed by atoms with Gasteiger partial charge in [0.15, 0.2) is 11.5 Å². The standard InChI is InChI=1S/C16H20O3.C2H6.CH4S/c1-17-14-10-6-7-11-15(18-2)16(14)19-12-13-8-4-3-5-9-13;2*1-2/h3-5,8-10H,6-7,11-12H2,1-2H3;1-2H3;2H,1H3. The molecule has 0 heterocycles. The normalized spacial score (nSPS) is 13.4. The second-order valence-electron chi connectivity index (χ2n) is 4.40. The summed E-state index contributed by atoms with van der Waals surface area (Å²) in [5.41, 5.74) is 1.13. The molecule has 0 saturated carbocycles. The maximum Gasteiger partial charge on any atom is 0.199 e. The summed E-state index contributed by atoms with van der Waals surface area (Å²) in [7, 11) is 3.34. The third-order valence-electron chi connectivity index (χ3n) is 3.11. The van der Waals surface area contributed by atoms with Gasteiger partial charge in [-0.1, -0.05) is 44.2 Å². The van der Waals surface area contributed by atoms with Gasteiger partial charge in [-0.25, -0.2) is 0 Å². The van der Waals surface area contributed by atoms with Crippen LogP contribution in [0, 0.1) is 0 Å². The number of ether oxygens (including phenoxy) is 3. The van der Waals surface area contributed by atoms with Gasteiger partial charge in [0.25, 0.3) is 0 Å². The van der Waals surface area contributed by atoms with Crippen molar-refractivity contribution in [2.75, 3.05) is 20.5 Å². The molecule has 0 amide bonds. The maximum absolute atomic E-state index is 5.92. The number of hydrogen-bond acceptors (Lipinski definition) is 4. The molecule has 3 nitrogen and oxygen atoms in total. The largest absolute Gasteiger partial charge is 0.497 e.